The van der Waals surface area contributed by atoms with Gasteiger partial charge in [0.2, 0.25) is 26.0 Å². The molecule has 172 valence electrons. The average molecular weight is 481 g/mol. The third-order valence-electron chi connectivity index (χ3n) is 5.75. The predicted octanol–water partition coefficient (Wildman–Crippen LogP) is 1.76. The van der Waals surface area contributed by atoms with Crippen LogP contribution in [0.25, 0.3) is 0 Å². The minimum Gasteiger partial charge on any atom is -0.493 e. The summed E-state index contributed by atoms with van der Waals surface area (Å²) in [7, 11) is -4.50. The first-order valence-corrected chi connectivity index (χ1v) is 13.0. The van der Waals surface area contributed by atoms with Crippen LogP contribution in [0, 0.1) is 5.92 Å². The fraction of sp³-hybridized carbons (Fsp3) is 0.381. The van der Waals surface area contributed by atoms with E-state index in [0.29, 0.717) is 24.5 Å². The van der Waals surface area contributed by atoms with Crippen molar-refractivity contribution in [3.63, 3.8) is 0 Å². The molecule has 2 aromatic carbocycles. The van der Waals surface area contributed by atoms with E-state index in [1.807, 2.05) is 6.07 Å². The van der Waals surface area contributed by atoms with Gasteiger partial charge >= 0.3 is 0 Å². The number of benzene rings is 2. The van der Waals surface area contributed by atoms with Crippen molar-refractivity contribution in [2.24, 2.45) is 5.92 Å². The number of amides is 1. The summed E-state index contributed by atoms with van der Waals surface area (Å²) in [5.74, 6) is -0.280. The number of methoxy groups -OCH3 is 2. The lowest BCUT2D eigenvalue weighted by Gasteiger charge is -2.29. The molecule has 0 radical (unpaired) electrons. The number of anilines is 1. The van der Waals surface area contributed by atoms with Gasteiger partial charge in [0.05, 0.1) is 36.5 Å². The summed E-state index contributed by atoms with van der Waals surface area (Å²) in [6.45, 7) is 2.02. The van der Waals surface area contributed by atoms with Crippen molar-refractivity contribution >= 4 is 31.6 Å². The Labute approximate surface area is 187 Å². The van der Waals surface area contributed by atoms with E-state index < -0.39 is 31.9 Å². The van der Waals surface area contributed by atoms with Gasteiger partial charge in [0.15, 0.2) is 11.5 Å². The Bertz CT molecular complexity index is 1270. The molecule has 1 unspecified atom stereocenters. The molecule has 0 bridgehead atoms. The standard InChI is InChI=1S/C21H24N2O7S2/c1-14-13-31(25,26)23(21(14)24)17-4-6-18(7-5-17)32(27,28)22-9-8-15-10-19(29-2)20(30-3)11-16(15)12-22/h4-7,10-11,14H,8-9,12-13H2,1-3H3. The van der Waals surface area contributed by atoms with Crippen molar-refractivity contribution in [3.8, 4) is 11.5 Å². The lowest BCUT2D eigenvalue weighted by molar-refractivity contribution is -0.119. The largest absolute Gasteiger partial charge is 0.493 e. The maximum atomic E-state index is 13.2. The topological polar surface area (TPSA) is 110 Å². The molecule has 2 heterocycles. The predicted molar refractivity (Wildman–Crippen MR) is 118 cm³/mol. The second kappa shape index (κ2) is 8.05. The van der Waals surface area contributed by atoms with E-state index in [-0.39, 0.29) is 22.9 Å². The van der Waals surface area contributed by atoms with Gasteiger partial charge in [-0.1, -0.05) is 6.92 Å². The number of hydrogen-bond donors (Lipinski definition) is 0. The molecule has 11 heteroatoms. The number of rotatable bonds is 5. The zero-order valence-corrected chi connectivity index (χ0v) is 19.6. The number of carbonyl (C=O) groups excluding carboxylic acids is 1. The van der Waals surface area contributed by atoms with Crippen LogP contribution in [0.2, 0.25) is 0 Å². The van der Waals surface area contributed by atoms with E-state index in [9.17, 15) is 21.6 Å². The monoisotopic (exact) mass is 480 g/mol. The van der Waals surface area contributed by atoms with Gasteiger partial charge in [0, 0.05) is 13.1 Å². The smallest absolute Gasteiger partial charge is 0.244 e. The van der Waals surface area contributed by atoms with E-state index in [2.05, 4.69) is 0 Å². The van der Waals surface area contributed by atoms with Crippen LogP contribution < -0.4 is 13.8 Å². The molecule has 0 aliphatic carbocycles. The summed E-state index contributed by atoms with van der Waals surface area (Å²) >= 11 is 0. The molecule has 2 aromatic rings. The summed E-state index contributed by atoms with van der Waals surface area (Å²) in [4.78, 5) is 12.3. The highest BCUT2D eigenvalue weighted by Gasteiger charge is 2.42. The lowest BCUT2D eigenvalue weighted by atomic mass is 10.0. The van der Waals surface area contributed by atoms with E-state index in [4.69, 9.17) is 9.47 Å². The molecule has 0 spiro atoms. The number of sulfonamides is 2. The Morgan fingerprint density at radius 2 is 1.59 bits per heavy atom. The lowest BCUT2D eigenvalue weighted by Crippen LogP contribution is -2.36. The van der Waals surface area contributed by atoms with E-state index in [1.54, 1.807) is 20.1 Å². The highest BCUT2D eigenvalue weighted by Crippen LogP contribution is 2.35. The van der Waals surface area contributed by atoms with Crippen LogP contribution in [0.3, 0.4) is 0 Å². The summed E-state index contributed by atoms with van der Waals surface area (Å²) in [5.41, 5.74) is 1.97. The van der Waals surface area contributed by atoms with Gasteiger partial charge in [-0.2, -0.15) is 4.31 Å². The molecule has 1 atom stereocenters. The van der Waals surface area contributed by atoms with Crippen LogP contribution in [-0.2, 0) is 37.8 Å². The van der Waals surface area contributed by atoms with Crippen LogP contribution in [0.1, 0.15) is 18.1 Å². The molecule has 4 rings (SSSR count). The second-order valence-electron chi connectivity index (χ2n) is 7.84. The molecule has 0 N–H and O–H groups in total. The third-order valence-corrected chi connectivity index (χ3v) is 9.48. The van der Waals surface area contributed by atoms with Crippen molar-refractivity contribution in [3.05, 3.63) is 47.5 Å². The first-order chi connectivity index (χ1) is 15.1. The first-order valence-electron chi connectivity index (χ1n) is 9.99. The number of carbonyl (C=O) groups is 1. The van der Waals surface area contributed by atoms with Gasteiger partial charge in [-0.05, 0) is 53.9 Å². The van der Waals surface area contributed by atoms with Gasteiger partial charge in [-0.15, -0.1) is 0 Å². The van der Waals surface area contributed by atoms with Crippen LogP contribution in [0.5, 0.6) is 11.5 Å². The SMILES string of the molecule is COc1cc2c(cc1OC)CN(S(=O)(=O)c1ccc(N3C(=O)C(C)CS3(=O)=O)cc1)CC2. The number of nitrogens with zero attached hydrogens (tertiary/aromatic N) is 2. The zero-order valence-electron chi connectivity index (χ0n) is 17.9. The quantitative estimate of drug-likeness (QED) is 0.641. The highest BCUT2D eigenvalue weighted by atomic mass is 32.2. The summed E-state index contributed by atoms with van der Waals surface area (Å²) in [6.07, 6.45) is 0.519. The molecule has 1 saturated heterocycles. The Morgan fingerprint density at radius 3 is 2.12 bits per heavy atom. The maximum Gasteiger partial charge on any atom is 0.244 e. The van der Waals surface area contributed by atoms with Crippen molar-refractivity contribution in [1.29, 1.82) is 0 Å². The first kappa shape index (κ1) is 22.6. The van der Waals surface area contributed by atoms with Gasteiger partial charge in [-0.25, -0.2) is 21.1 Å². The van der Waals surface area contributed by atoms with Crippen molar-refractivity contribution in [2.75, 3.05) is 30.8 Å². The van der Waals surface area contributed by atoms with Crippen molar-refractivity contribution < 1.29 is 31.1 Å². The fourth-order valence-corrected chi connectivity index (χ4v) is 7.29. The third kappa shape index (κ3) is 3.74. The molecule has 9 nitrogen and oxygen atoms in total. The summed E-state index contributed by atoms with van der Waals surface area (Å²) in [6, 6.07) is 9.02. The molecule has 1 fully saturated rings. The Kier molecular flexibility index (Phi) is 5.68. The molecule has 0 aromatic heterocycles. The molecule has 1 amide bonds. The normalized spacial score (nSPS) is 20.8. The molecule has 2 aliphatic rings. The molecule has 32 heavy (non-hydrogen) atoms. The van der Waals surface area contributed by atoms with Gasteiger partial charge < -0.3 is 9.47 Å². The number of ether oxygens (including phenoxy) is 2. The van der Waals surface area contributed by atoms with Crippen LogP contribution in [0.4, 0.5) is 5.69 Å². The van der Waals surface area contributed by atoms with Crippen LogP contribution >= 0.6 is 0 Å². The van der Waals surface area contributed by atoms with Gasteiger partial charge in [-0.3, -0.25) is 4.79 Å². The minimum absolute atomic E-state index is 0.0299. The molecular weight excluding hydrogens is 456 g/mol. The number of fused-ring (bicyclic) bond motifs is 1. The van der Waals surface area contributed by atoms with Gasteiger partial charge in [0.25, 0.3) is 0 Å². The highest BCUT2D eigenvalue weighted by molar-refractivity contribution is 7.94. The van der Waals surface area contributed by atoms with E-state index >= 15 is 0 Å². The van der Waals surface area contributed by atoms with E-state index in [1.165, 1.54) is 35.7 Å². The Hall–Kier alpha value is -2.63. The molecule has 2 aliphatic heterocycles. The molecular formula is C21H24N2O7S2. The summed E-state index contributed by atoms with van der Waals surface area (Å²) < 4.78 is 63.8. The average Bonchev–Trinajstić information content (AvgIpc) is 2.98. The minimum atomic E-state index is -3.82. The number of hydrogen-bond acceptors (Lipinski definition) is 7. The van der Waals surface area contributed by atoms with Gasteiger partial charge in [0.1, 0.15) is 0 Å². The molecule has 0 saturated carbocycles. The fourth-order valence-electron chi connectivity index (χ4n) is 4.05. The Morgan fingerprint density at radius 1 is 1.00 bits per heavy atom. The zero-order chi connectivity index (χ0) is 23.3. The van der Waals surface area contributed by atoms with Crippen LogP contribution in [-0.4, -0.2) is 53.6 Å². The maximum absolute atomic E-state index is 13.2. The van der Waals surface area contributed by atoms with E-state index in [0.717, 1.165) is 15.4 Å². The second-order valence-corrected chi connectivity index (χ2v) is 11.6. The van der Waals surface area contributed by atoms with Crippen molar-refractivity contribution in [1.82, 2.24) is 4.31 Å². The van der Waals surface area contributed by atoms with Crippen molar-refractivity contribution in [2.45, 2.75) is 24.8 Å². The summed E-state index contributed by atoms with van der Waals surface area (Å²) in [5, 5.41) is 0. The Balaban J connectivity index is 1.60. The van der Waals surface area contributed by atoms with Crippen LogP contribution in [0.15, 0.2) is 41.3 Å².